The summed E-state index contributed by atoms with van der Waals surface area (Å²) in [6.45, 7) is 2.21. The molecule has 0 amide bonds. The van der Waals surface area contributed by atoms with Crippen LogP contribution in [0.15, 0.2) is 22.0 Å². The summed E-state index contributed by atoms with van der Waals surface area (Å²) in [6.07, 6.45) is 5.87. The fraction of sp³-hybridized carbons (Fsp3) is 0.462. The summed E-state index contributed by atoms with van der Waals surface area (Å²) in [5, 5.41) is 6.12. The lowest BCUT2D eigenvalue weighted by Crippen LogP contribution is -1.90. The molecule has 2 rings (SSSR count). The van der Waals surface area contributed by atoms with Gasteiger partial charge >= 0.3 is 0 Å². The summed E-state index contributed by atoms with van der Waals surface area (Å²) in [5.74, 6) is 0.443. The molecule has 2 N–H and O–H groups in total. The fourth-order valence-electron chi connectivity index (χ4n) is 1.91. The molecule has 2 aromatic rings. The van der Waals surface area contributed by atoms with E-state index in [-0.39, 0.29) is 0 Å². The van der Waals surface area contributed by atoms with Gasteiger partial charge in [0.05, 0.1) is 11.3 Å². The zero-order valence-electron chi connectivity index (χ0n) is 10.1. The van der Waals surface area contributed by atoms with E-state index in [2.05, 4.69) is 18.1 Å². The Morgan fingerprint density at radius 2 is 2.24 bits per heavy atom. The second kappa shape index (κ2) is 5.87. The van der Waals surface area contributed by atoms with Crippen LogP contribution in [0.3, 0.4) is 0 Å². The van der Waals surface area contributed by atoms with Crippen LogP contribution >= 0.6 is 11.3 Å². The van der Waals surface area contributed by atoms with E-state index in [0.29, 0.717) is 5.88 Å². The van der Waals surface area contributed by atoms with Gasteiger partial charge in [0.2, 0.25) is 5.88 Å². The summed E-state index contributed by atoms with van der Waals surface area (Å²) >= 11 is 1.67. The minimum absolute atomic E-state index is 0.443. The van der Waals surface area contributed by atoms with Crippen molar-refractivity contribution >= 4 is 17.2 Å². The van der Waals surface area contributed by atoms with Crippen LogP contribution in [-0.2, 0) is 6.42 Å². The van der Waals surface area contributed by atoms with Gasteiger partial charge in [-0.2, -0.15) is 0 Å². The molecule has 0 spiro atoms. The third kappa shape index (κ3) is 2.88. The first kappa shape index (κ1) is 12.2. The van der Waals surface area contributed by atoms with Gasteiger partial charge in [-0.3, -0.25) is 0 Å². The summed E-state index contributed by atoms with van der Waals surface area (Å²) in [7, 11) is 0. The van der Waals surface area contributed by atoms with E-state index in [1.807, 2.05) is 11.4 Å². The third-order valence-corrected chi connectivity index (χ3v) is 3.71. The Hall–Kier alpha value is -1.29. The first-order chi connectivity index (χ1) is 8.33. The smallest absolute Gasteiger partial charge is 0.231 e. The van der Waals surface area contributed by atoms with Crippen molar-refractivity contribution in [1.29, 1.82) is 0 Å². The Labute approximate surface area is 106 Å². The van der Waals surface area contributed by atoms with Crippen LogP contribution in [0.2, 0.25) is 0 Å². The summed E-state index contributed by atoms with van der Waals surface area (Å²) < 4.78 is 5.11. The Balaban J connectivity index is 2.08. The standard InChI is InChI=1S/C13H18N2OS/c1-2-3-4-5-7-10-12(13(14)16-15-10)11-8-6-9-17-11/h6,8-9H,2-5,7,14H2,1H3. The summed E-state index contributed by atoms with van der Waals surface area (Å²) in [6, 6.07) is 4.08. The van der Waals surface area contributed by atoms with E-state index in [4.69, 9.17) is 10.3 Å². The lowest BCUT2D eigenvalue weighted by molar-refractivity contribution is 0.426. The molecule has 2 heterocycles. The number of nitrogens with two attached hydrogens (primary N) is 1. The Morgan fingerprint density at radius 1 is 1.35 bits per heavy atom. The van der Waals surface area contributed by atoms with Gasteiger partial charge in [0, 0.05) is 4.88 Å². The zero-order chi connectivity index (χ0) is 12.1. The van der Waals surface area contributed by atoms with Crippen LogP contribution < -0.4 is 5.73 Å². The maximum Gasteiger partial charge on any atom is 0.231 e. The topological polar surface area (TPSA) is 52.0 Å². The van der Waals surface area contributed by atoms with Crippen molar-refractivity contribution in [2.75, 3.05) is 5.73 Å². The number of anilines is 1. The molecule has 0 aliphatic carbocycles. The fourth-order valence-corrected chi connectivity index (χ4v) is 2.71. The molecule has 0 saturated heterocycles. The number of aryl methyl sites for hydroxylation is 1. The van der Waals surface area contributed by atoms with Crippen molar-refractivity contribution < 1.29 is 4.52 Å². The molecule has 0 fully saturated rings. The predicted octanol–water partition coefficient (Wildman–Crippen LogP) is 4.11. The number of nitrogen functional groups attached to an aromatic ring is 1. The van der Waals surface area contributed by atoms with E-state index < -0.39 is 0 Å². The van der Waals surface area contributed by atoms with Crippen molar-refractivity contribution in [2.45, 2.75) is 39.0 Å². The molecule has 0 unspecified atom stereocenters. The van der Waals surface area contributed by atoms with Gasteiger partial charge < -0.3 is 10.3 Å². The van der Waals surface area contributed by atoms with Gasteiger partial charge in [-0.15, -0.1) is 11.3 Å². The largest absolute Gasteiger partial charge is 0.367 e. The lowest BCUT2D eigenvalue weighted by atomic mass is 10.1. The zero-order valence-corrected chi connectivity index (χ0v) is 10.9. The van der Waals surface area contributed by atoms with Gasteiger partial charge in [-0.05, 0) is 24.3 Å². The normalized spacial score (nSPS) is 10.9. The molecule has 2 aromatic heterocycles. The first-order valence-electron chi connectivity index (χ1n) is 6.10. The molecule has 3 nitrogen and oxygen atoms in total. The molecule has 0 aromatic carbocycles. The molecule has 4 heteroatoms. The number of hydrogen-bond acceptors (Lipinski definition) is 4. The quantitative estimate of drug-likeness (QED) is 0.785. The highest BCUT2D eigenvalue weighted by molar-refractivity contribution is 7.13. The van der Waals surface area contributed by atoms with E-state index in [1.165, 1.54) is 19.3 Å². The van der Waals surface area contributed by atoms with Crippen LogP contribution in [0, 0.1) is 0 Å². The van der Waals surface area contributed by atoms with Crippen molar-refractivity contribution in [3.05, 3.63) is 23.2 Å². The van der Waals surface area contributed by atoms with Crippen molar-refractivity contribution in [3.63, 3.8) is 0 Å². The van der Waals surface area contributed by atoms with Crippen molar-refractivity contribution in [2.24, 2.45) is 0 Å². The Kier molecular flexibility index (Phi) is 4.20. The molecule has 0 bridgehead atoms. The Bertz CT molecular complexity index is 448. The van der Waals surface area contributed by atoms with E-state index in [0.717, 1.165) is 29.0 Å². The average Bonchev–Trinajstić information content (AvgIpc) is 2.94. The monoisotopic (exact) mass is 250 g/mol. The van der Waals surface area contributed by atoms with Crippen LogP contribution in [0.5, 0.6) is 0 Å². The molecule has 0 aliphatic heterocycles. The number of nitrogens with zero attached hydrogens (tertiary/aromatic N) is 1. The van der Waals surface area contributed by atoms with Crippen molar-refractivity contribution in [3.8, 4) is 10.4 Å². The van der Waals surface area contributed by atoms with E-state index in [9.17, 15) is 0 Å². The maximum absolute atomic E-state index is 5.84. The maximum atomic E-state index is 5.84. The van der Waals surface area contributed by atoms with E-state index >= 15 is 0 Å². The highest BCUT2D eigenvalue weighted by Crippen LogP contribution is 2.33. The number of aromatic nitrogens is 1. The van der Waals surface area contributed by atoms with E-state index in [1.54, 1.807) is 11.3 Å². The molecule has 0 saturated carbocycles. The number of hydrogen-bond donors (Lipinski definition) is 1. The van der Waals surface area contributed by atoms with Gasteiger partial charge in [-0.25, -0.2) is 0 Å². The summed E-state index contributed by atoms with van der Waals surface area (Å²) in [5.41, 5.74) is 7.84. The van der Waals surface area contributed by atoms with Crippen LogP contribution in [0.25, 0.3) is 10.4 Å². The second-order valence-corrected chi connectivity index (χ2v) is 5.10. The van der Waals surface area contributed by atoms with Crippen LogP contribution in [0.1, 0.15) is 38.3 Å². The average molecular weight is 250 g/mol. The molecular formula is C13H18N2OS. The molecule has 92 valence electrons. The lowest BCUT2D eigenvalue weighted by Gasteiger charge is -1.99. The Morgan fingerprint density at radius 3 is 2.94 bits per heavy atom. The third-order valence-electron chi connectivity index (χ3n) is 2.82. The molecule has 0 radical (unpaired) electrons. The summed E-state index contributed by atoms with van der Waals surface area (Å²) in [4.78, 5) is 1.15. The first-order valence-corrected chi connectivity index (χ1v) is 6.98. The molecule has 0 aliphatic rings. The van der Waals surface area contributed by atoms with Gasteiger partial charge in [-0.1, -0.05) is 37.4 Å². The molecule has 0 atom stereocenters. The minimum atomic E-state index is 0.443. The highest BCUT2D eigenvalue weighted by atomic mass is 32.1. The van der Waals surface area contributed by atoms with Gasteiger partial charge in [0.15, 0.2) is 0 Å². The number of thiophene rings is 1. The highest BCUT2D eigenvalue weighted by Gasteiger charge is 2.15. The molecular weight excluding hydrogens is 232 g/mol. The number of rotatable bonds is 6. The van der Waals surface area contributed by atoms with Gasteiger partial charge in [0.25, 0.3) is 0 Å². The van der Waals surface area contributed by atoms with Crippen LogP contribution in [-0.4, -0.2) is 5.16 Å². The molecule has 17 heavy (non-hydrogen) atoms. The van der Waals surface area contributed by atoms with Crippen LogP contribution in [0.4, 0.5) is 5.88 Å². The van der Waals surface area contributed by atoms with Gasteiger partial charge in [0.1, 0.15) is 0 Å². The second-order valence-electron chi connectivity index (χ2n) is 4.16. The number of unbranched alkanes of at least 4 members (excludes halogenated alkanes) is 3. The van der Waals surface area contributed by atoms with Crippen molar-refractivity contribution in [1.82, 2.24) is 5.16 Å². The predicted molar refractivity (Wildman–Crippen MR) is 72.1 cm³/mol. The SMILES string of the molecule is CCCCCCc1noc(N)c1-c1cccs1. The minimum Gasteiger partial charge on any atom is -0.367 e.